The Balaban J connectivity index is 1.87. The molecule has 0 aliphatic carbocycles. The molecule has 2 aromatic rings. The number of hydrogen-bond donors (Lipinski definition) is 1. The first kappa shape index (κ1) is 16.9. The van der Waals surface area contributed by atoms with Crippen LogP contribution in [0.4, 0.5) is 5.69 Å². The second-order valence-electron chi connectivity index (χ2n) is 6.83. The predicted molar refractivity (Wildman–Crippen MR) is 96.1 cm³/mol. The summed E-state index contributed by atoms with van der Waals surface area (Å²) in [4.78, 5) is 25.9. The number of nitrogens with zero attached hydrogens (tertiary/aromatic N) is 2. The number of likely N-dealkylation sites (N-methyl/N-ethyl adjacent to an activating group) is 1. The van der Waals surface area contributed by atoms with Crippen LogP contribution in [0.25, 0.3) is 0 Å². The van der Waals surface area contributed by atoms with Crippen molar-refractivity contribution in [2.45, 2.75) is 25.8 Å². The van der Waals surface area contributed by atoms with E-state index in [1.807, 2.05) is 19.2 Å². The highest BCUT2D eigenvalue weighted by Gasteiger charge is 2.38. The van der Waals surface area contributed by atoms with Crippen molar-refractivity contribution in [3.05, 3.63) is 71.7 Å². The summed E-state index contributed by atoms with van der Waals surface area (Å²) in [6, 6.07) is 11.5. The summed E-state index contributed by atoms with van der Waals surface area (Å²) in [7, 11) is 1.98. The van der Waals surface area contributed by atoms with Gasteiger partial charge in [-0.2, -0.15) is 4.57 Å². The van der Waals surface area contributed by atoms with Crippen LogP contribution in [0.5, 0.6) is 0 Å². The van der Waals surface area contributed by atoms with Crippen LogP contribution in [0.15, 0.2) is 60.6 Å². The molecule has 128 valence electrons. The zero-order valence-corrected chi connectivity index (χ0v) is 14.7. The molecule has 0 bridgehead atoms. The van der Waals surface area contributed by atoms with Crippen molar-refractivity contribution < 1.29 is 14.2 Å². The van der Waals surface area contributed by atoms with Crippen LogP contribution >= 0.6 is 0 Å². The van der Waals surface area contributed by atoms with Crippen LogP contribution in [0.3, 0.4) is 0 Å². The van der Waals surface area contributed by atoms with Gasteiger partial charge in [-0.25, -0.2) is 0 Å². The minimum atomic E-state index is -0.507. The van der Waals surface area contributed by atoms with E-state index in [-0.39, 0.29) is 17.7 Å². The van der Waals surface area contributed by atoms with Crippen molar-refractivity contribution in [1.82, 2.24) is 0 Å². The maximum atomic E-state index is 12.6. The summed E-state index contributed by atoms with van der Waals surface area (Å²) in [5.41, 5.74) is 8.73. The largest absolute Gasteiger partial charge is 0.365 e. The van der Waals surface area contributed by atoms with E-state index in [9.17, 15) is 9.59 Å². The Kier molecular flexibility index (Phi) is 4.17. The van der Waals surface area contributed by atoms with E-state index in [1.165, 1.54) is 5.56 Å². The average molecular weight is 336 g/mol. The van der Waals surface area contributed by atoms with Gasteiger partial charge >= 0.3 is 0 Å². The normalized spacial score (nSPS) is 16.8. The molecule has 2 N–H and O–H groups in total. The van der Waals surface area contributed by atoms with Crippen molar-refractivity contribution >= 4 is 17.4 Å². The number of hydrogen-bond acceptors (Lipinski definition) is 3. The predicted octanol–water partition coefficient (Wildman–Crippen LogP) is 1.95. The zero-order chi connectivity index (χ0) is 18.2. The summed E-state index contributed by atoms with van der Waals surface area (Å²) in [5.74, 6) is -0.540. The molecule has 5 heteroatoms. The van der Waals surface area contributed by atoms with Gasteiger partial charge in [0, 0.05) is 36.0 Å². The fourth-order valence-electron chi connectivity index (χ4n) is 3.40. The number of pyridine rings is 1. The van der Waals surface area contributed by atoms with Gasteiger partial charge in [0.1, 0.15) is 5.56 Å². The zero-order valence-electron chi connectivity index (χ0n) is 14.7. The smallest absolute Gasteiger partial charge is 0.254 e. The molecular weight excluding hydrogens is 314 g/mol. The van der Waals surface area contributed by atoms with E-state index in [0.29, 0.717) is 5.56 Å². The van der Waals surface area contributed by atoms with Gasteiger partial charge in [0.15, 0.2) is 12.4 Å². The lowest BCUT2D eigenvalue weighted by Gasteiger charge is -2.23. The van der Waals surface area contributed by atoms with Crippen molar-refractivity contribution in [3.63, 3.8) is 0 Å². The van der Waals surface area contributed by atoms with Gasteiger partial charge in [0.2, 0.25) is 12.3 Å². The third kappa shape index (κ3) is 3.05. The van der Waals surface area contributed by atoms with Crippen LogP contribution in [0.2, 0.25) is 0 Å². The number of ketones is 1. The van der Waals surface area contributed by atoms with Crippen molar-refractivity contribution in [2.24, 2.45) is 5.73 Å². The molecule has 1 aliphatic rings. The Morgan fingerprint density at radius 1 is 1.20 bits per heavy atom. The van der Waals surface area contributed by atoms with Crippen LogP contribution in [-0.4, -0.2) is 18.7 Å². The van der Waals surface area contributed by atoms with E-state index in [4.69, 9.17) is 5.73 Å². The molecule has 3 rings (SSSR count). The summed E-state index contributed by atoms with van der Waals surface area (Å²) in [6.07, 6.45) is 5.04. The van der Waals surface area contributed by atoms with Crippen LogP contribution in [-0.2, 0) is 16.8 Å². The lowest BCUT2D eigenvalue weighted by molar-refractivity contribution is -0.684. The number of aromatic nitrogens is 1. The monoisotopic (exact) mass is 336 g/mol. The second-order valence-corrected chi connectivity index (χ2v) is 6.83. The van der Waals surface area contributed by atoms with Crippen LogP contribution < -0.4 is 15.2 Å². The topological polar surface area (TPSA) is 67.3 Å². The van der Waals surface area contributed by atoms with E-state index < -0.39 is 5.91 Å². The highest BCUT2D eigenvalue weighted by Crippen LogP contribution is 2.46. The Bertz CT molecular complexity index is 884. The summed E-state index contributed by atoms with van der Waals surface area (Å²) in [6.45, 7) is 4.40. The number of benzene rings is 1. The lowest BCUT2D eigenvalue weighted by Crippen LogP contribution is -2.38. The van der Waals surface area contributed by atoms with Crippen molar-refractivity contribution in [3.8, 4) is 0 Å². The molecule has 1 aromatic heterocycles. The number of para-hydroxylation sites is 1. The summed E-state index contributed by atoms with van der Waals surface area (Å²) >= 11 is 0. The molecule has 1 aromatic carbocycles. The quantitative estimate of drug-likeness (QED) is 0.685. The number of allylic oxidation sites excluding steroid dienone is 2. The van der Waals surface area contributed by atoms with E-state index >= 15 is 0 Å². The highest BCUT2D eigenvalue weighted by molar-refractivity contribution is 5.92. The van der Waals surface area contributed by atoms with Gasteiger partial charge in [0.05, 0.1) is 0 Å². The van der Waals surface area contributed by atoms with E-state index in [0.717, 1.165) is 11.4 Å². The number of nitrogens with two attached hydrogens (primary N) is 1. The fraction of sp³-hybridized carbons (Fsp3) is 0.250. The Morgan fingerprint density at radius 3 is 2.60 bits per heavy atom. The lowest BCUT2D eigenvalue weighted by atomic mass is 9.83. The Hall–Kier alpha value is -2.95. The number of primary amides is 1. The first-order valence-electron chi connectivity index (χ1n) is 8.18. The highest BCUT2D eigenvalue weighted by atomic mass is 16.1. The second kappa shape index (κ2) is 6.16. The van der Waals surface area contributed by atoms with Gasteiger partial charge in [-0.3, -0.25) is 9.59 Å². The average Bonchev–Trinajstić information content (AvgIpc) is 2.76. The van der Waals surface area contributed by atoms with Crippen molar-refractivity contribution in [1.29, 1.82) is 0 Å². The molecule has 2 heterocycles. The molecule has 0 radical (unpaired) electrons. The minimum Gasteiger partial charge on any atom is -0.365 e. The van der Waals surface area contributed by atoms with Gasteiger partial charge in [-0.05, 0) is 17.7 Å². The van der Waals surface area contributed by atoms with Crippen LogP contribution in [0.1, 0.15) is 29.8 Å². The SMILES string of the molecule is CN1C(=CC(=O)C[n+]2cccc(C(N)=O)c2)C(C)(C)c2ccccc21. The standard InChI is InChI=1S/C20H21N3O2/c1-20(2)16-8-4-5-9-17(16)22(3)18(20)11-15(24)13-23-10-6-7-14(12-23)19(21)25/h4-12H,13H2,1-3H3,(H-,21,25)/p+1. The Morgan fingerprint density at radius 2 is 1.92 bits per heavy atom. The maximum Gasteiger partial charge on any atom is 0.254 e. The molecule has 5 nitrogen and oxygen atoms in total. The number of amides is 1. The summed E-state index contributed by atoms with van der Waals surface area (Å²) in [5, 5.41) is 0. The Labute approximate surface area is 147 Å². The number of fused-ring (bicyclic) bond motifs is 1. The third-order valence-corrected chi connectivity index (χ3v) is 4.72. The number of rotatable bonds is 4. The molecule has 0 spiro atoms. The summed E-state index contributed by atoms with van der Waals surface area (Å²) < 4.78 is 1.68. The maximum absolute atomic E-state index is 12.6. The molecule has 1 amide bonds. The van der Waals surface area contributed by atoms with Gasteiger partial charge in [0.25, 0.3) is 5.91 Å². The molecule has 1 aliphatic heterocycles. The molecule has 0 fully saturated rings. The first-order chi connectivity index (χ1) is 11.8. The van der Waals surface area contributed by atoms with Gasteiger partial charge in [-0.15, -0.1) is 0 Å². The third-order valence-electron chi connectivity index (χ3n) is 4.72. The molecule has 25 heavy (non-hydrogen) atoms. The number of carbonyl (C=O) groups excluding carboxylic acids is 2. The molecule has 0 saturated heterocycles. The minimum absolute atomic E-state index is 0.0330. The van der Waals surface area contributed by atoms with Gasteiger partial charge < -0.3 is 10.6 Å². The first-order valence-corrected chi connectivity index (χ1v) is 8.18. The number of carbonyl (C=O) groups is 2. The van der Waals surface area contributed by atoms with E-state index in [2.05, 4.69) is 30.9 Å². The molecule has 0 saturated carbocycles. The van der Waals surface area contributed by atoms with Gasteiger partial charge in [-0.1, -0.05) is 32.0 Å². The molecule has 0 unspecified atom stereocenters. The van der Waals surface area contributed by atoms with Crippen LogP contribution in [0, 0.1) is 0 Å². The van der Waals surface area contributed by atoms with E-state index in [1.54, 1.807) is 35.2 Å². The number of anilines is 1. The molecular formula is C20H22N3O2+. The van der Waals surface area contributed by atoms with Crippen molar-refractivity contribution in [2.75, 3.05) is 11.9 Å². The molecule has 0 atom stereocenters. The fourth-order valence-corrected chi connectivity index (χ4v) is 3.40.